The molecule has 0 aliphatic carbocycles. The molecule has 2 aromatic carbocycles. The number of carbonyl (C=O) groups is 2. The minimum atomic E-state index is -0.374. The second kappa shape index (κ2) is 9.70. The molecule has 33 heavy (non-hydrogen) atoms. The number of benzene rings is 2. The van der Waals surface area contributed by atoms with E-state index in [1.54, 1.807) is 30.3 Å². The Morgan fingerprint density at radius 1 is 0.848 bits per heavy atom. The van der Waals surface area contributed by atoms with E-state index in [9.17, 15) is 9.59 Å². The first-order valence-electron chi connectivity index (χ1n) is 10.2. The maximum Gasteiger partial charge on any atom is 0.291 e. The van der Waals surface area contributed by atoms with Crippen LogP contribution in [0.2, 0.25) is 0 Å². The van der Waals surface area contributed by atoms with E-state index < -0.39 is 0 Å². The lowest BCUT2D eigenvalue weighted by atomic mass is 10.1. The number of aromatic nitrogens is 2. The van der Waals surface area contributed by atoms with Crippen LogP contribution in [0.1, 0.15) is 37.9 Å². The molecule has 0 atom stereocenters. The summed E-state index contributed by atoms with van der Waals surface area (Å²) in [6.07, 6.45) is 1.43. The minimum Gasteiger partial charge on any atom is -0.459 e. The average molecular weight is 459 g/mol. The van der Waals surface area contributed by atoms with Crippen molar-refractivity contribution in [1.82, 2.24) is 9.97 Å². The summed E-state index contributed by atoms with van der Waals surface area (Å²) in [5.74, 6) is -0.448. The number of aryl methyl sites for hydroxylation is 3. The van der Waals surface area contributed by atoms with Crippen molar-refractivity contribution < 1.29 is 14.0 Å². The van der Waals surface area contributed by atoms with Gasteiger partial charge in [-0.1, -0.05) is 6.07 Å². The van der Waals surface area contributed by atoms with Crippen molar-refractivity contribution in [2.45, 2.75) is 30.8 Å². The van der Waals surface area contributed by atoms with Crippen LogP contribution < -0.4 is 10.6 Å². The molecule has 0 saturated carbocycles. The highest BCUT2D eigenvalue weighted by molar-refractivity contribution is 7.99. The van der Waals surface area contributed by atoms with Crippen LogP contribution in [0, 0.1) is 20.8 Å². The quantitative estimate of drug-likeness (QED) is 0.362. The van der Waals surface area contributed by atoms with E-state index in [0.29, 0.717) is 22.1 Å². The van der Waals surface area contributed by atoms with Crippen LogP contribution in [-0.4, -0.2) is 21.8 Å². The predicted octanol–water partition coefficient (Wildman–Crippen LogP) is 5.65. The smallest absolute Gasteiger partial charge is 0.291 e. The Hall–Kier alpha value is -3.91. The van der Waals surface area contributed by atoms with Crippen LogP contribution in [0.25, 0.3) is 0 Å². The normalized spacial score (nSPS) is 10.6. The molecular formula is C25H22N4O3S. The monoisotopic (exact) mass is 458 g/mol. The number of hydrogen-bond acceptors (Lipinski definition) is 6. The van der Waals surface area contributed by atoms with Gasteiger partial charge in [0, 0.05) is 33.2 Å². The number of anilines is 2. The van der Waals surface area contributed by atoms with E-state index >= 15 is 0 Å². The van der Waals surface area contributed by atoms with Crippen LogP contribution in [0.3, 0.4) is 0 Å². The van der Waals surface area contributed by atoms with Gasteiger partial charge in [0.05, 0.1) is 6.26 Å². The third kappa shape index (κ3) is 5.67. The molecule has 4 aromatic rings. The van der Waals surface area contributed by atoms with E-state index in [2.05, 4.69) is 20.6 Å². The molecule has 0 aliphatic rings. The van der Waals surface area contributed by atoms with Crippen molar-refractivity contribution in [1.29, 1.82) is 0 Å². The summed E-state index contributed by atoms with van der Waals surface area (Å²) in [6.45, 7) is 5.74. The lowest BCUT2D eigenvalue weighted by Crippen LogP contribution is -2.15. The fourth-order valence-corrected chi connectivity index (χ4v) is 4.01. The van der Waals surface area contributed by atoms with Gasteiger partial charge in [-0.2, -0.15) is 0 Å². The zero-order chi connectivity index (χ0) is 23.4. The third-order valence-electron chi connectivity index (χ3n) is 4.78. The number of furan rings is 1. The van der Waals surface area contributed by atoms with Crippen molar-refractivity contribution >= 4 is 35.0 Å². The van der Waals surface area contributed by atoms with Crippen molar-refractivity contribution in [2.24, 2.45) is 0 Å². The lowest BCUT2D eigenvalue weighted by molar-refractivity contribution is 0.0993. The van der Waals surface area contributed by atoms with Crippen LogP contribution in [0.4, 0.5) is 11.4 Å². The highest BCUT2D eigenvalue weighted by Crippen LogP contribution is 2.26. The number of hydrogen-bond donors (Lipinski definition) is 2. The van der Waals surface area contributed by atoms with Gasteiger partial charge in [0.25, 0.3) is 11.8 Å². The van der Waals surface area contributed by atoms with E-state index in [1.165, 1.54) is 18.0 Å². The highest BCUT2D eigenvalue weighted by atomic mass is 32.2. The van der Waals surface area contributed by atoms with Crippen molar-refractivity contribution in [3.63, 3.8) is 0 Å². The van der Waals surface area contributed by atoms with E-state index in [-0.39, 0.29) is 17.6 Å². The Bertz CT molecular complexity index is 1280. The molecule has 0 bridgehead atoms. The Kier molecular flexibility index (Phi) is 6.55. The summed E-state index contributed by atoms with van der Waals surface area (Å²) < 4.78 is 5.12. The van der Waals surface area contributed by atoms with Gasteiger partial charge < -0.3 is 15.1 Å². The number of carbonyl (C=O) groups excluding carboxylic acids is 2. The second-order valence-corrected chi connectivity index (χ2v) is 8.52. The van der Waals surface area contributed by atoms with Crippen LogP contribution >= 0.6 is 11.8 Å². The lowest BCUT2D eigenvalue weighted by Gasteiger charge is -2.11. The molecule has 8 heteroatoms. The summed E-state index contributed by atoms with van der Waals surface area (Å²) in [5, 5.41) is 6.36. The molecule has 0 saturated heterocycles. The summed E-state index contributed by atoms with van der Waals surface area (Å²) >= 11 is 1.47. The van der Waals surface area contributed by atoms with Gasteiger partial charge in [-0.15, -0.1) is 0 Å². The fourth-order valence-electron chi connectivity index (χ4n) is 3.14. The minimum absolute atomic E-state index is 0.202. The first-order chi connectivity index (χ1) is 15.9. The summed E-state index contributed by atoms with van der Waals surface area (Å²) in [6, 6.07) is 17.8. The molecule has 0 spiro atoms. The van der Waals surface area contributed by atoms with Gasteiger partial charge in [-0.3, -0.25) is 9.59 Å². The Morgan fingerprint density at radius 3 is 2.24 bits per heavy atom. The molecule has 2 heterocycles. The van der Waals surface area contributed by atoms with E-state index in [0.717, 1.165) is 21.8 Å². The summed E-state index contributed by atoms with van der Waals surface area (Å²) in [7, 11) is 0. The zero-order valence-corrected chi connectivity index (χ0v) is 19.2. The molecule has 2 amide bonds. The zero-order valence-electron chi connectivity index (χ0n) is 18.4. The van der Waals surface area contributed by atoms with Crippen LogP contribution in [0.15, 0.2) is 81.4 Å². The van der Waals surface area contributed by atoms with Gasteiger partial charge in [0.2, 0.25) is 0 Å². The number of nitrogens with zero attached hydrogens (tertiary/aromatic N) is 2. The predicted molar refractivity (Wildman–Crippen MR) is 128 cm³/mol. The van der Waals surface area contributed by atoms with Gasteiger partial charge in [-0.05, 0) is 92.7 Å². The Balaban J connectivity index is 1.43. The van der Waals surface area contributed by atoms with Gasteiger partial charge in [0.1, 0.15) is 0 Å². The highest BCUT2D eigenvalue weighted by Gasteiger charge is 2.13. The van der Waals surface area contributed by atoms with E-state index in [1.807, 2.05) is 51.1 Å². The Morgan fingerprint density at radius 2 is 1.58 bits per heavy atom. The molecule has 0 radical (unpaired) electrons. The topological polar surface area (TPSA) is 97.1 Å². The van der Waals surface area contributed by atoms with Crippen molar-refractivity contribution in [3.05, 3.63) is 95.2 Å². The van der Waals surface area contributed by atoms with Crippen LogP contribution in [0.5, 0.6) is 0 Å². The first kappa shape index (κ1) is 22.3. The Labute approximate surface area is 195 Å². The molecule has 0 fully saturated rings. The van der Waals surface area contributed by atoms with Gasteiger partial charge in [-0.25, -0.2) is 9.97 Å². The number of nitrogens with one attached hydrogen (secondary N) is 2. The van der Waals surface area contributed by atoms with Crippen molar-refractivity contribution in [2.75, 3.05) is 10.6 Å². The maximum atomic E-state index is 12.8. The second-order valence-electron chi connectivity index (χ2n) is 7.47. The maximum absolute atomic E-state index is 12.8. The molecule has 7 nitrogen and oxygen atoms in total. The molecule has 0 aliphatic heterocycles. The van der Waals surface area contributed by atoms with Crippen LogP contribution in [-0.2, 0) is 0 Å². The molecule has 0 unspecified atom stereocenters. The van der Waals surface area contributed by atoms with E-state index in [4.69, 9.17) is 4.42 Å². The fraction of sp³-hybridized carbons (Fsp3) is 0.120. The largest absolute Gasteiger partial charge is 0.459 e. The molecule has 2 N–H and O–H groups in total. The molecular weight excluding hydrogens is 436 g/mol. The summed E-state index contributed by atoms with van der Waals surface area (Å²) in [4.78, 5) is 34.9. The summed E-state index contributed by atoms with van der Waals surface area (Å²) in [5.41, 5.74) is 4.31. The van der Waals surface area contributed by atoms with Gasteiger partial charge >= 0.3 is 0 Å². The number of rotatable bonds is 6. The van der Waals surface area contributed by atoms with Crippen molar-refractivity contribution in [3.8, 4) is 0 Å². The standard InChI is InChI=1S/C25H22N4O3S/c1-15-6-7-18(14-21(15)29-24(31)22-5-4-12-32-22)23(30)28-19-8-10-20(11-9-19)33-25-26-16(2)13-17(3)27-25/h4-14H,1-3H3,(H,28,30)(H,29,31). The van der Waals surface area contributed by atoms with Gasteiger partial charge in [0.15, 0.2) is 10.9 Å². The average Bonchev–Trinajstić information content (AvgIpc) is 3.31. The SMILES string of the molecule is Cc1cc(C)nc(Sc2ccc(NC(=O)c3ccc(C)c(NC(=O)c4ccco4)c3)cc2)n1. The molecule has 4 rings (SSSR count). The molecule has 166 valence electrons. The molecule has 2 aromatic heterocycles. The third-order valence-corrected chi connectivity index (χ3v) is 5.65. The number of amides is 2. The first-order valence-corrected chi connectivity index (χ1v) is 11.1.